The molecule has 38 heavy (non-hydrogen) atoms. The monoisotopic (exact) mass is 510 g/mol. The molecule has 1 aromatic heterocycles. The van der Waals surface area contributed by atoms with Crippen LogP contribution in [-0.2, 0) is 9.59 Å². The summed E-state index contributed by atoms with van der Waals surface area (Å²) in [7, 11) is 0. The molecule has 4 aliphatic rings. The fraction of sp³-hybridized carbons (Fsp3) is 0.321. The van der Waals surface area contributed by atoms with Crippen LogP contribution in [-0.4, -0.2) is 72.6 Å². The van der Waals surface area contributed by atoms with Crippen LogP contribution in [0.2, 0.25) is 0 Å². The molecule has 2 amide bonds. The van der Waals surface area contributed by atoms with Gasteiger partial charge in [0.05, 0.1) is 18.4 Å². The molecule has 1 aliphatic carbocycles. The fourth-order valence-electron chi connectivity index (χ4n) is 4.72. The highest BCUT2D eigenvalue weighted by Gasteiger charge is 2.29. The highest BCUT2D eigenvalue weighted by molar-refractivity contribution is 6.47. The van der Waals surface area contributed by atoms with E-state index in [1.54, 1.807) is 12.4 Å². The first-order valence-corrected chi connectivity index (χ1v) is 13.0. The van der Waals surface area contributed by atoms with Gasteiger partial charge < -0.3 is 26.2 Å². The Kier molecular flexibility index (Phi) is 6.70. The number of amidine groups is 1. The van der Waals surface area contributed by atoms with Crippen molar-refractivity contribution in [3.63, 3.8) is 0 Å². The quantitative estimate of drug-likeness (QED) is 0.489. The summed E-state index contributed by atoms with van der Waals surface area (Å²) in [4.78, 5) is 41.3. The molecular weight excluding hydrogens is 480 g/mol. The van der Waals surface area contributed by atoms with Crippen molar-refractivity contribution in [3.8, 4) is 11.1 Å². The summed E-state index contributed by atoms with van der Waals surface area (Å²) in [5, 5.41) is 12.6. The van der Waals surface area contributed by atoms with Gasteiger partial charge in [0.2, 0.25) is 5.91 Å². The van der Waals surface area contributed by atoms with Crippen molar-refractivity contribution in [1.82, 2.24) is 20.5 Å². The van der Waals surface area contributed by atoms with Gasteiger partial charge in [-0.15, -0.1) is 0 Å². The van der Waals surface area contributed by atoms with Gasteiger partial charge >= 0.3 is 0 Å². The molecule has 1 saturated carbocycles. The first kappa shape index (κ1) is 24.1. The summed E-state index contributed by atoms with van der Waals surface area (Å²) >= 11 is 0. The fourth-order valence-corrected chi connectivity index (χ4v) is 4.72. The Morgan fingerprint density at radius 2 is 1.84 bits per heavy atom. The average Bonchev–Trinajstić information content (AvgIpc) is 3.82. The molecule has 10 heteroatoms. The number of anilines is 2. The van der Waals surface area contributed by atoms with Gasteiger partial charge in [-0.25, -0.2) is 0 Å². The maximum absolute atomic E-state index is 13.4. The maximum atomic E-state index is 13.4. The van der Waals surface area contributed by atoms with Gasteiger partial charge in [0.1, 0.15) is 18.2 Å². The summed E-state index contributed by atoms with van der Waals surface area (Å²) < 4.78 is 0. The molecule has 0 spiro atoms. The third-order valence-corrected chi connectivity index (χ3v) is 6.96. The van der Waals surface area contributed by atoms with Gasteiger partial charge in [0.25, 0.3) is 5.91 Å². The number of amides is 2. The second-order valence-corrected chi connectivity index (χ2v) is 9.71. The number of allylic oxidation sites excluding steroid dienone is 1. The lowest BCUT2D eigenvalue weighted by Gasteiger charge is -2.29. The van der Waals surface area contributed by atoms with Crippen molar-refractivity contribution in [2.24, 2.45) is 15.9 Å². The molecular formula is C28H30N8O2. The van der Waals surface area contributed by atoms with E-state index in [9.17, 15) is 9.59 Å². The minimum Gasteiger partial charge on any atom is -0.366 e. The first-order chi connectivity index (χ1) is 18.6. The van der Waals surface area contributed by atoms with E-state index in [-0.39, 0.29) is 17.7 Å². The Morgan fingerprint density at radius 3 is 2.68 bits per heavy atom. The first-order valence-electron chi connectivity index (χ1n) is 13.0. The molecule has 6 rings (SSSR count). The number of carbonyl (C=O) groups is 2. The number of piperazine rings is 1. The van der Waals surface area contributed by atoms with Crippen LogP contribution in [0.5, 0.6) is 0 Å². The molecule has 0 bridgehead atoms. The number of nitrogens with zero attached hydrogens (tertiary/aromatic N) is 4. The van der Waals surface area contributed by atoms with E-state index >= 15 is 0 Å². The van der Waals surface area contributed by atoms with Crippen LogP contribution in [0.3, 0.4) is 0 Å². The normalized spacial score (nSPS) is 18.7. The number of nitrogens with one attached hydrogen (secondary N) is 4. The number of aliphatic imine (C=N–C) groups is 2. The van der Waals surface area contributed by atoms with Gasteiger partial charge in [-0.3, -0.25) is 24.6 Å². The maximum Gasteiger partial charge on any atom is 0.274 e. The van der Waals surface area contributed by atoms with E-state index in [0.717, 1.165) is 67.2 Å². The van der Waals surface area contributed by atoms with E-state index < -0.39 is 0 Å². The van der Waals surface area contributed by atoms with Crippen LogP contribution in [0, 0.1) is 5.92 Å². The van der Waals surface area contributed by atoms with Crippen molar-refractivity contribution in [3.05, 3.63) is 66.1 Å². The standard InChI is InChI=1S/C28H30N8O2/c37-27(18-1-2-18)35-22-13-20(15-30-16-22)19-3-5-24-23(14-19)26(33-17-32-24)28(38)34-21-4-6-25(31-8-7-21)36-11-9-29-10-12-36/h3-7,13-16,18,29,32H,1-2,8-12,17H2,(H,34,38)(H,35,37). The average molecular weight is 511 g/mol. The molecule has 3 aliphatic heterocycles. The lowest BCUT2D eigenvalue weighted by atomic mass is 9.98. The van der Waals surface area contributed by atoms with Gasteiger partial charge in [-0.1, -0.05) is 6.07 Å². The Balaban J connectivity index is 1.18. The summed E-state index contributed by atoms with van der Waals surface area (Å²) in [6.07, 6.45) is 11.1. The SMILES string of the molecule is O=C(NC1=CCN=C(N2CCNCC2)C=C1)C1=NCNc2ccc(-c3cncc(NC(=O)C4CC4)c3)cc21. The molecule has 10 nitrogen and oxygen atoms in total. The number of hydrogen-bond donors (Lipinski definition) is 4. The van der Waals surface area contributed by atoms with Gasteiger partial charge in [-0.05, 0) is 54.8 Å². The zero-order valence-electron chi connectivity index (χ0n) is 21.0. The largest absolute Gasteiger partial charge is 0.366 e. The molecule has 2 aromatic rings. The van der Waals surface area contributed by atoms with Crippen molar-refractivity contribution in [2.75, 3.05) is 50.0 Å². The molecule has 1 aromatic carbocycles. The topological polar surface area (TPSA) is 123 Å². The van der Waals surface area contributed by atoms with E-state index in [1.165, 1.54) is 0 Å². The second-order valence-electron chi connectivity index (χ2n) is 9.71. The van der Waals surface area contributed by atoms with E-state index in [2.05, 4.69) is 41.1 Å². The molecule has 0 radical (unpaired) electrons. The van der Waals surface area contributed by atoms with Crippen molar-refractivity contribution >= 4 is 34.7 Å². The highest BCUT2D eigenvalue weighted by Crippen LogP contribution is 2.31. The Morgan fingerprint density at radius 1 is 0.974 bits per heavy atom. The number of fused-ring (bicyclic) bond motifs is 1. The molecule has 1 saturated heterocycles. The number of pyridine rings is 1. The van der Waals surface area contributed by atoms with E-state index in [4.69, 9.17) is 0 Å². The lowest BCUT2D eigenvalue weighted by molar-refractivity contribution is -0.117. The van der Waals surface area contributed by atoms with Crippen molar-refractivity contribution < 1.29 is 9.59 Å². The van der Waals surface area contributed by atoms with Crippen LogP contribution in [0.1, 0.15) is 18.4 Å². The molecule has 0 unspecified atom stereocenters. The summed E-state index contributed by atoms with van der Waals surface area (Å²) in [6, 6.07) is 7.76. The summed E-state index contributed by atoms with van der Waals surface area (Å²) in [5.41, 5.74) is 5.02. The minimum atomic E-state index is -0.269. The van der Waals surface area contributed by atoms with Crippen LogP contribution >= 0.6 is 0 Å². The Bertz CT molecular complexity index is 1380. The van der Waals surface area contributed by atoms with Crippen LogP contribution in [0.4, 0.5) is 11.4 Å². The van der Waals surface area contributed by atoms with E-state index in [0.29, 0.717) is 30.3 Å². The zero-order chi connectivity index (χ0) is 25.9. The number of carbonyl (C=O) groups excluding carboxylic acids is 2. The molecule has 4 N–H and O–H groups in total. The Labute approximate surface area is 221 Å². The van der Waals surface area contributed by atoms with Crippen molar-refractivity contribution in [2.45, 2.75) is 12.8 Å². The van der Waals surface area contributed by atoms with Crippen LogP contribution in [0.25, 0.3) is 11.1 Å². The highest BCUT2D eigenvalue weighted by atomic mass is 16.2. The van der Waals surface area contributed by atoms with Gasteiger partial charge in [0.15, 0.2) is 0 Å². The predicted molar refractivity (Wildman–Crippen MR) is 148 cm³/mol. The van der Waals surface area contributed by atoms with Gasteiger partial charge in [0, 0.05) is 60.8 Å². The number of aromatic nitrogens is 1. The number of benzene rings is 1. The van der Waals surface area contributed by atoms with E-state index in [1.807, 2.05) is 42.5 Å². The summed E-state index contributed by atoms with van der Waals surface area (Å²) in [5.74, 6) is 0.821. The number of rotatable bonds is 5. The third kappa shape index (κ3) is 5.35. The molecule has 194 valence electrons. The van der Waals surface area contributed by atoms with Crippen molar-refractivity contribution in [1.29, 1.82) is 0 Å². The van der Waals surface area contributed by atoms with Gasteiger partial charge in [-0.2, -0.15) is 0 Å². The van der Waals surface area contributed by atoms with Crippen LogP contribution < -0.4 is 21.3 Å². The smallest absolute Gasteiger partial charge is 0.274 e. The molecule has 0 atom stereocenters. The Hall–Kier alpha value is -4.31. The molecule has 2 fully saturated rings. The molecule has 4 heterocycles. The number of hydrogen-bond acceptors (Lipinski definition) is 8. The predicted octanol–water partition coefficient (Wildman–Crippen LogP) is 2.14. The summed E-state index contributed by atoms with van der Waals surface area (Å²) in [6.45, 7) is 4.53. The lowest BCUT2D eigenvalue weighted by Crippen LogP contribution is -2.46. The van der Waals surface area contributed by atoms with Crippen LogP contribution in [0.15, 0.2) is 70.6 Å². The third-order valence-electron chi connectivity index (χ3n) is 6.96. The minimum absolute atomic E-state index is 0.0389. The second kappa shape index (κ2) is 10.6. The zero-order valence-corrected chi connectivity index (χ0v) is 21.0.